The molecular weight excluding hydrogens is 534 g/mol. The van der Waals surface area contributed by atoms with Crippen molar-refractivity contribution in [2.75, 3.05) is 32.3 Å². The minimum atomic E-state index is -0.648. The monoisotopic (exact) mass is 567 g/mol. The van der Waals surface area contributed by atoms with Crippen LogP contribution in [0.3, 0.4) is 0 Å². The molecule has 40 heavy (non-hydrogen) atoms. The molecule has 4 aromatic rings. The van der Waals surface area contributed by atoms with E-state index in [0.29, 0.717) is 35.5 Å². The van der Waals surface area contributed by atoms with E-state index in [9.17, 15) is 4.79 Å². The molecule has 2 fully saturated rings. The number of ether oxygens (including phenoxy) is 2. The highest BCUT2D eigenvalue weighted by atomic mass is 35.5. The minimum Gasteiger partial charge on any atom is -0.383 e. The van der Waals surface area contributed by atoms with Gasteiger partial charge in [-0.3, -0.25) is 14.5 Å². The predicted molar refractivity (Wildman–Crippen MR) is 151 cm³/mol. The summed E-state index contributed by atoms with van der Waals surface area (Å²) in [7, 11) is 3.48. The van der Waals surface area contributed by atoms with Crippen LogP contribution in [-0.2, 0) is 16.0 Å². The quantitative estimate of drug-likeness (QED) is 0.326. The average Bonchev–Trinajstić information content (AvgIpc) is 3.66. The maximum Gasteiger partial charge on any atom is 0.439 e. The van der Waals surface area contributed by atoms with Gasteiger partial charge in [-0.2, -0.15) is 0 Å². The number of nitrogens with one attached hydrogen (secondary N) is 1. The molecule has 1 aliphatic carbocycles. The second-order valence-corrected chi connectivity index (χ2v) is 11.5. The molecule has 0 radical (unpaired) electrons. The van der Waals surface area contributed by atoms with Crippen molar-refractivity contribution in [3.05, 3.63) is 40.1 Å². The molecule has 0 unspecified atom stereocenters. The zero-order valence-electron chi connectivity index (χ0n) is 23.0. The topological polar surface area (TPSA) is 124 Å². The first-order valence-corrected chi connectivity index (χ1v) is 14.2. The molecule has 6 rings (SSSR count). The molecule has 11 nitrogen and oxygen atoms in total. The number of nitrogens with zero attached hydrogens (tertiary/aromatic N) is 6. The number of aromatic nitrogens is 6. The van der Waals surface area contributed by atoms with E-state index in [1.165, 1.54) is 25.7 Å². The fraction of sp³-hybridized carbons (Fsp3) is 0.536. The van der Waals surface area contributed by atoms with Gasteiger partial charge in [0.2, 0.25) is 11.8 Å². The number of hydrogen-bond acceptors (Lipinski definition) is 9. The van der Waals surface area contributed by atoms with Gasteiger partial charge in [-0.15, -0.1) is 0 Å². The Hall–Kier alpha value is -3.28. The maximum absolute atomic E-state index is 11.8. The molecule has 5 heterocycles. The summed E-state index contributed by atoms with van der Waals surface area (Å²) in [4.78, 5) is 31.2. The third kappa shape index (κ3) is 5.25. The van der Waals surface area contributed by atoms with Crippen molar-refractivity contribution >= 4 is 28.6 Å². The standard InChI is InChI=1S/C28H34ClN7O4/c1-16-4-6-17(7-5-16)13-36-25-22(32-27(36)35-14-21(39-3)9-20(35)15-38-2)10-23(26-33-28(37)40-34-26)31-24(25)18-8-19(29)12-30-11-18/h8,10-12,16-17,20-21H,4-7,9,13-15H2,1-3H3,(H,33,34,37)/t16?,17?,20-,21+/m0/s1. The van der Waals surface area contributed by atoms with Gasteiger partial charge in [0, 0.05) is 45.3 Å². The third-order valence-electron chi connectivity index (χ3n) is 8.27. The number of aromatic amines is 1. The Morgan fingerprint density at radius 2 is 1.98 bits per heavy atom. The van der Waals surface area contributed by atoms with Gasteiger partial charge in [0.25, 0.3) is 0 Å². The Labute approximate surface area is 236 Å². The minimum absolute atomic E-state index is 0.0782. The van der Waals surface area contributed by atoms with Crippen LogP contribution < -0.4 is 10.7 Å². The van der Waals surface area contributed by atoms with Crippen LogP contribution in [0.4, 0.5) is 5.95 Å². The van der Waals surface area contributed by atoms with Crippen LogP contribution in [0.2, 0.25) is 5.02 Å². The lowest BCUT2D eigenvalue weighted by atomic mass is 9.83. The SMILES string of the molecule is COC[C@@H]1C[C@@H](OC)CN1c1nc2cc(-c3noc(=O)[nH]3)nc(-c3cncc(Cl)c3)c2n1CC1CCC(C)CC1. The first-order chi connectivity index (χ1) is 19.4. The van der Waals surface area contributed by atoms with Crippen molar-refractivity contribution in [3.63, 3.8) is 0 Å². The van der Waals surface area contributed by atoms with E-state index >= 15 is 0 Å². The second-order valence-electron chi connectivity index (χ2n) is 11.1. The van der Waals surface area contributed by atoms with Crippen LogP contribution >= 0.6 is 11.6 Å². The van der Waals surface area contributed by atoms with E-state index < -0.39 is 5.76 Å². The molecular formula is C28H34ClN7O4. The van der Waals surface area contributed by atoms with Gasteiger partial charge in [-0.25, -0.2) is 14.8 Å². The molecule has 0 spiro atoms. The molecule has 212 valence electrons. The first-order valence-electron chi connectivity index (χ1n) is 13.8. The van der Waals surface area contributed by atoms with Crippen LogP contribution in [0.1, 0.15) is 39.0 Å². The maximum atomic E-state index is 11.8. The summed E-state index contributed by atoms with van der Waals surface area (Å²) < 4.78 is 18.5. The van der Waals surface area contributed by atoms with Gasteiger partial charge in [0.15, 0.2) is 0 Å². The molecule has 12 heteroatoms. The zero-order chi connectivity index (χ0) is 27.8. The number of imidazole rings is 1. The zero-order valence-corrected chi connectivity index (χ0v) is 23.7. The van der Waals surface area contributed by atoms with E-state index in [0.717, 1.165) is 41.4 Å². The van der Waals surface area contributed by atoms with E-state index in [4.69, 9.17) is 35.6 Å². The van der Waals surface area contributed by atoms with Crippen molar-refractivity contribution < 1.29 is 14.0 Å². The molecule has 1 N–H and O–H groups in total. The van der Waals surface area contributed by atoms with Gasteiger partial charge in [-0.05, 0) is 43.2 Å². The number of methoxy groups -OCH3 is 2. The summed E-state index contributed by atoms with van der Waals surface area (Å²) in [5, 5.41) is 4.39. The number of fused-ring (bicyclic) bond motifs is 1. The lowest BCUT2D eigenvalue weighted by Gasteiger charge is -2.30. The van der Waals surface area contributed by atoms with Crippen molar-refractivity contribution in [2.45, 2.75) is 57.7 Å². The van der Waals surface area contributed by atoms with Crippen molar-refractivity contribution in [1.82, 2.24) is 29.7 Å². The van der Waals surface area contributed by atoms with Crippen molar-refractivity contribution in [2.24, 2.45) is 11.8 Å². The van der Waals surface area contributed by atoms with Gasteiger partial charge in [0.1, 0.15) is 5.69 Å². The van der Waals surface area contributed by atoms with E-state index in [2.05, 4.69) is 31.5 Å². The summed E-state index contributed by atoms with van der Waals surface area (Å²) in [6, 6.07) is 3.81. The average molecular weight is 568 g/mol. The summed E-state index contributed by atoms with van der Waals surface area (Å²) in [6.45, 7) is 4.43. The largest absolute Gasteiger partial charge is 0.439 e. The molecule has 1 saturated heterocycles. The lowest BCUT2D eigenvalue weighted by Crippen LogP contribution is -2.35. The Morgan fingerprint density at radius 3 is 2.67 bits per heavy atom. The first kappa shape index (κ1) is 26.9. The number of hydrogen-bond donors (Lipinski definition) is 1. The fourth-order valence-electron chi connectivity index (χ4n) is 6.15. The van der Waals surface area contributed by atoms with Crippen molar-refractivity contribution in [1.29, 1.82) is 0 Å². The van der Waals surface area contributed by atoms with Crippen LogP contribution in [0.15, 0.2) is 33.8 Å². The highest BCUT2D eigenvalue weighted by Crippen LogP contribution is 2.38. The molecule has 0 aromatic carbocycles. The molecule has 2 atom stereocenters. The summed E-state index contributed by atoms with van der Waals surface area (Å²) in [6.07, 6.45) is 9.05. The number of pyridine rings is 2. The van der Waals surface area contributed by atoms with Crippen LogP contribution in [-0.4, -0.2) is 69.2 Å². The summed E-state index contributed by atoms with van der Waals surface area (Å²) in [5.41, 5.74) is 3.49. The second kappa shape index (κ2) is 11.3. The lowest BCUT2D eigenvalue weighted by molar-refractivity contribution is 0.111. The number of H-pyrrole nitrogens is 1. The Bertz CT molecular complexity index is 1540. The highest BCUT2D eigenvalue weighted by Gasteiger charge is 2.36. The van der Waals surface area contributed by atoms with E-state index in [1.807, 2.05) is 12.1 Å². The van der Waals surface area contributed by atoms with Gasteiger partial charge >= 0.3 is 5.76 Å². The number of halogens is 1. The van der Waals surface area contributed by atoms with Crippen molar-refractivity contribution in [3.8, 4) is 22.8 Å². The Balaban J connectivity index is 1.57. The predicted octanol–water partition coefficient (Wildman–Crippen LogP) is 4.56. The van der Waals surface area contributed by atoms with Gasteiger partial charge in [-0.1, -0.05) is 36.5 Å². The number of anilines is 1. The molecule has 1 aliphatic heterocycles. The van der Waals surface area contributed by atoms with Crippen LogP contribution in [0, 0.1) is 11.8 Å². The third-order valence-corrected chi connectivity index (χ3v) is 8.47. The van der Waals surface area contributed by atoms with Gasteiger partial charge < -0.3 is 18.9 Å². The molecule has 1 saturated carbocycles. The summed E-state index contributed by atoms with van der Waals surface area (Å²) in [5.74, 6) is 1.72. The van der Waals surface area contributed by atoms with E-state index in [1.54, 1.807) is 26.6 Å². The molecule has 2 aliphatic rings. The molecule has 0 amide bonds. The normalized spacial score (nSPS) is 23.4. The number of rotatable bonds is 8. The molecule has 4 aromatic heterocycles. The van der Waals surface area contributed by atoms with Crippen LogP contribution in [0.25, 0.3) is 33.8 Å². The fourth-order valence-corrected chi connectivity index (χ4v) is 6.32. The van der Waals surface area contributed by atoms with Gasteiger partial charge in [0.05, 0.1) is 40.5 Å². The summed E-state index contributed by atoms with van der Waals surface area (Å²) >= 11 is 6.39. The van der Waals surface area contributed by atoms with Crippen LogP contribution in [0.5, 0.6) is 0 Å². The highest BCUT2D eigenvalue weighted by molar-refractivity contribution is 6.30. The Kier molecular flexibility index (Phi) is 7.61. The Morgan fingerprint density at radius 1 is 1.15 bits per heavy atom. The van der Waals surface area contributed by atoms with E-state index in [-0.39, 0.29) is 18.0 Å². The smallest absolute Gasteiger partial charge is 0.383 e. The molecule has 0 bridgehead atoms.